The first-order valence-electron chi connectivity index (χ1n) is 29.2. The minimum atomic E-state index is -0.779. The Labute approximate surface area is 411 Å². The van der Waals surface area contributed by atoms with E-state index < -0.39 is 6.10 Å². The van der Waals surface area contributed by atoms with E-state index in [-0.39, 0.29) is 25.2 Å². The second-order valence-corrected chi connectivity index (χ2v) is 19.7. The van der Waals surface area contributed by atoms with Gasteiger partial charge in [-0.15, -0.1) is 0 Å². The number of aliphatic hydroxyl groups excluding tert-OH is 1. The molecule has 0 amide bonds. The standard InChI is InChI=1S/C61H112O5/c1-3-5-7-9-11-13-15-17-19-21-23-25-26-27-28-29-30-31-32-33-34-36-37-39-41-43-45-47-49-51-53-55-60(63)65-58-59(57-62)66-61(64)56-54-52-50-48-46-44-42-40-38-35-24-22-20-18-16-14-12-10-8-6-4-2/h16,18,21-24,38,40,59,62H,3-15,17,19-20,25-37,39,41-58H2,1-2H3/b18-16-,23-21-,24-22-,40-38-. The van der Waals surface area contributed by atoms with Crippen LogP contribution in [0, 0.1) is 0 Å². The number of unbranched alkanes of at least 4 members (excludes halogenated alkanes) is 38. The fourth-order valence-electron chi connectivity index (χ4n) is 8.68. The minimum absolute atomic E-state index is 0.0689. The van der Waals surface area contributed by atoms with Crippen LogP contribution in [0.5, 0.6) is 0 Å². The summed E-state index contributed by atoms with van der Waals surface area (Å²) in [4.78, 5) is 24.5. The summed E-state index contributed by atoms with van der Waals surface area (Å²) in [6.45, 7) is 4.15. The molecule has 0 rings (SSSR count). The SMILES string of the molecule is CCCCCCC/C=C\C/C=C\C/C=C\CCCCCCCCC(=O)OC(CO)COC(=O)CCCCCCCCCCCCCCCCCCCCC/C=C\CCCCCCCCCC. The number of carbonyl (C=O) groups is 2. The molecule has 5 heteroatoms. The van der Waals surface area contributed by atoms with Crippen molar-refractivity contribution in [3.63, 3.8) is 0 Å². The van der Waals surface area contributed by atoms with Gasteiger partial charge in [-0.25, -0.2) is 0 Å². The Balaban J connectivity index is 3.45. The van der Waals surface area contributed by atoms with Crippen molar-refractivity contribution in [1.29, 1.82) is 0 Å². The molecule has 386 valence electrons. The minimum Gasteiger partial charge on any atom is -0.462 e. The Hall–Kier alpha value is -2.14. The van der Waals surface area contributed by atoms with E-state index in [1.807, 2.05) is 0 Å². The van der Waals surface area contributed by atoms with Crippen molar-refractivity contribution in [3.8, 4) is 0 Å². The third-order valence-corrected chi connectivity index (χ3v) is 13.1. The molecule has 1 unspecified atom stereocenters. The van der Waals surface area contributed by atoms with Gasteiger partial charge in [-0.05, 0) is 77.0 Å². The summed E-state index contributed by atoms with van der Waals surface area (Å²) in [5.74, 6) is -0.592. The predicted molar refractivity (Wildman–Crippen MR) is 288 cm³/mol. The van der Waals surface area contributed by atoms with Gasteiger partial charge < -0.3 is 14.6 Å². The number of allylic oxidation sites excluding steroid dienone is 8. The van der Waals surface area contributed by atoms with Gasteiger partial charge in [-0.3, -0.25) is 9.59 Å². The zero-order chi connectivity index (χ0) is 47.7. The Bertz CT molecular complexity index is 1090. The summed E-state index contributed by atoms with van der Waals surface area (Å²) < 4.78 is 10.7. The summed E-state index contributed by atoms with van der Waals surface area (Å²) in [5, 5.41) is 9.65. The highest BCUT2D eigenvalue weighted by Gasteiger charge is 2.16. The van der Waals surface area contributed by atoms with Crippen molar-refractivity contribution < 1.29 is 24.2 Å². The molecule has 0 saturated heterocycles. The van der Waals surface area contributed by atoms with Crippen LogP contribution in [0.3, 0.4) is 0 Å². The molecule has 0 aliphatic heterocycles. The predicted octanol–water partition coefficient (Wildman–Crippen LogP) is 19.6. The smallest absolute Gasteiger partial charge is 0.306 e. The van der Waals surface area contributed by atoms with Crippen LogP contribution in [0.4, 0.5) is 0 Å². The maximum atomic E-state index is 12.3. The van der Waals surface area contributed by atoms with Crippen molar-refractivity contribution in [2.75, 3.05) is 13.2 Å². The van der Waals surface area contributed by atoms with E-state index in [0.717, 1.165) is 57.8 Å². The van der Waals surface area contributed by atoms with Gasteiger partial charge in [0.2, 0.25) is 0 Å². The van der Waals surface area contributed by atoms with E-state index in [0.29, 0.717) is 12.8 Å². The Morgan fingerprint density at radius 3 is 0.924 bits per heavy atom. The summed E-state index contributed by atoms with van der Waals surface area (Å²) in [5.41, 5.74) is 0. The van der Waals surface area contributed by atoms with Crippen LogP contribution in [-0.2, 0) is 19.1 Å². The third-order valence-electron chi connectivity index (χ3n) is 13.1. The van der Waals surface area contributed by atoms with E-state index in [9.17, 15) is 14.7 Å². The molecule has 66 heavy (non-hydrogen) atoms. The lowest BCUT2D eigenvalue weighted by Crippen LogP contribution is -2.28. The first-order valence-corrected chi connectivity index (χ1v) is 29.2. The van der Waals surface area contributed by atoms with Crippen LogP contribution in [0.25, 0.3) is 0 Å². The number of ether oxygens (including phenoxy) is 2. The molecule has 0 fully saturated rings. The Morgan fingerprint density at radius 2 is 0.606 bits per heavy atom. The van der Waals surface area contributed by atoms with E-state index in [2.05, 4.69) is 62.5 Å². The van der Waals surface area contributed by atoms with E-state index >= 15 is 0 Å². The molecule has 0 heterocycles. The molecule has 0 aliphatic carbocycles. The molecule has 0 spiro atoms. The molecular formula is C61H112O5. The van der Waals surface area contributed by atoms with Gasteiger partial charge >= 0.3 is 11.9 Å². The number of esters is 2. The van der Waals surface area contributed by atoms with Crippen LogP contribution in [0.1, 0.15) is 309 Å². The maximum absolute atomic E-state index is 12.3. The maximum Gasteiger partial charge on any atom is 0.306 e. The van der Waals surface area contributed by atoms with E-state index in [4.69, 9.17) is 9.47 Å². The van der Waals surface area contributed by atoms with Gasteiger partial charge in [0.25, 0.3) is 0 Å². The number of carbonyl (C=O) groups excluding carboxylic acids is 2. The molecule has 0 bridgehead atoms. The van der Waals surface area contributed by atoms with Crippen molar-refractivity contribution >= 4 is 11.9 Å². The van der Waals surface area contributed by atoms with E-state index in [1.54, 1.807) is 0 Å². The van der Waals surface area contributed by atoms with Gasteiger partial charge in [-0.1, -0.05) is 268 Å². The highest BCUT2D eigenvalue weighted by atomic mass is 16.6. The van der Waals surface area contributed by atoms with Gasteiger partial charge in [-0.2, -0.15) is 0 Å². The number of hydrogen-bond donors (Lipinski definition) is 1. The average Bonchev–Trinajstić information content (AvgIpc) is 3.32. The van der Waals surface area contributed by atoms with Gasteiger partial charge in [0.1, 0.15) is 6.61 Å². The van der Waals surface area contributed by atoms with Crippen LogP contribution >= 0.6 is 0 Å². The lowest BCUT2D eigenvalue weighted by molar-refractivity contribution is -0.161. The normalized spacial score (nSPS) is 12.5. The van der Waals surface area contributed by atoms with Crippen molar-refractivity contribution in [2.45, 2.75) is 315 Å². The number of hydrogen-bond acceptors (Lipinski definition) is 5. The molecule has 0 aromatic rings. The Morgan fingerprint density at radius 1 is 0.348 bits per heavy atom. The van der Waals surface area contributed by atoms with Crippen molar-refractivity contribution in [2.24, 2.45) is 0 Å². The van der Waals surface area contributed by atoms with Crippen molar-refractivity contribution in [1.82, 2.24) is 0 Å². The summed E-state index contributed by atoms with van der Waals surface area (Å²) >= 11 is 0. The lowest BCUT2D eigenvalue weighted by Gasteiger charge is -2.15. The first kappa shape index (κ1) is 63.9. The summed E-state index contributed by atoms with van der Waals surface area (Å²) in [7, 11) is 0. The highest BCUT2D eigenvalue weighted by molar-refractivity contribution is 5.70. The lowest BCUT2D eigenvalue weighted by atomic mass is 10.0. The van der Waals surface area contributed by atoms with Crippen LogP contribution < -0.4 is 0 Å². The third kappa shape index (κ3) is 54.5. The molecule has 1 atom stereocenters. The van der Waals surface area contributed by atoms with Gasteiger partial charge in [0.05, 0.1) is 6.61 Å². The quantitative estimate of drug-likeness (QED) is 0.0374. The first-order chi connectivity index (χ1) is 32.6. The fourth-order valence-corrected chi connectivity index (χ4v) is 8.68. The highest BCUT2D eigenvalue weighted by Crippen LogP contribution is 2.17. The molecule has 0 aromatic heterocycles. The van der Waals surface area contributed by atoms with Gasteiger partial charge in [0.15, 0.2) is 6.10 Å². The summed E-state index contributed by atoms with van der Waals surface area (Å²) in [6, 6.07) is 0. The average molecular weight is 926 g/mol. The number of aliphatic hydroxyl groups is 1. The second kappa shape index (κ2) is 57.2. The zero-order valence-corrected chi connectivity index (χ0v) is 44.2. The monoisotopic (exact) mass is 925 g/mol. The fraction of sp³-hybridized carbons (Fsp3) is 0.836. The van der Waals surface area contributed by atoms with Crippen LogP contribution in [0.15, 0.2) is 48.6 Å². The van der Waals surface area contributed by atoms with E-state index in [1.165, 1.54) is 225 Å². The molecule has 1 N–H and O–H groups in total. The van der Waals surface area contributed by atoms with Crippen LogP contribution in [-0.4, -0.2) is 36.4 Å². The largest absolute Gasteiger partial charge is 0.462 e. The van der Waals surface area contributed by atoms with Crippen LogP contribution in [0.2, 0.25) is 0 Å². The Kier molecular flexibility index (Phi) is 55.3. The van der Waals surface area contributed by atoms with Gasteiger partial charge in [0, 0.05) is 12.8 Å². The molecule has 0 saturated carbocycles. The van der Waals surface area contributed by atoms with Crippen molar-refractivity contribution in [3.05, 3.63) is 48.6 Å². The molecule has 5 nitrogen and oxygen atoms in total. The molecule has 0 aliphatic rings. The molecule has 0 aromatic carbocycles. The number of rotatable bonds is 54. The summed E-state index contributed by atoms with van der Waals surface area (Å²) in [6.07, 6.45) is 75.2. The molecular weight excluding hydrogens is 813 g/mol. The topological polar surface area (TPSA) is 72.8 Å². The second-order valence-electron chi connectivity index (χ2n) is 19.7. The molecule has 0 radical (unpaired) electrons. The zero-order valence-electron chi connectivity index (χ0n) is 44.2.